The highest BCUT2D eigenvalue weighted by Gasteiger charge is 2.23. The first-order valence-corrected chi connectivity index (χ1v) is 9.44. The van der Waals surface area contributed by atoms with Crippen LogP contribution in [0.4, 0.5) is 15.8 Å². The summed E-state index contributed by atoms with van der Waals surface area (Å²) in [6.07, 6.45) is 0. The second-order valence-corrected chi connectivity index (χ2v) is 8.02. The summed E-state index contributed by atoms with van der Waals surface area (Å²) >= 11 is 0. The van der Waals surface area contributed by atoms with Crippen molar-refractivity contribution in [1.29, 1.82) is 0 Å². The van der Waals surface area contributed by atoms with Gasteiger partial charge in [0, 0.05) is 12.7 Å². The first kappa shape index (κ1) is 17.9. The fraction of sp³-hybridized carbons (Fsp3) is 0.100. The van der Waals surface area contributed by atoms with E-state index in [1.54, 1.807) is 54.6 Å². The minimum absolute atomic E-state index is 0.165. The van der Waals surface area contributed by atoms with Crippen LogP contribution in [-0.2, 0) is 10.0 Å². The molecule has 134 valence electrons. The van der Waals surface area contributed by atoms with Crippen LogP contribution in [0.15, 0.2) is 71.6 Å². The Morgan fingerprint density at radius 3 is 2.27 bits per heavy atom. The third-order valence-corrected chi connectivity index (χ3v) is 6.00. The van der Waals surface area contributed by atoms with Crippen LogP contribution in [0.5, 0.6) is 0 Å². The number of nitrogen functional groups attached to an aromatic ring is 1. The number of sulfonamides is 1. The Bertz CT molecular complexity index is 1050. The predicted octanol–water partition coefficient (Wildman–Crippen LogP) is 4.21. The molecule has 0 saturated carbocycles. The number of nitrogens with zero attached hydrogens (tertiary/aromatic N) is 1. The fourth-order valence-electron chi connectivity index (χ4n) is 2.80. The second-order valence-electron chi connectivity index (χ2n) is 6.05. The van der Waals surface area contributed by atoms with Gasteiger partial charge in [-0.05, 0) is 66.1 Å². The number of rotatable bonds is 4. The molecule has 6 heteroatoms. The number of nitrogens with two attached hydrogens (primary N) is 1. The number of hydrogen-bond acceptors (Lipinski definition) is 3. The Morgan fingerprint density at radius 2 is 1.62 bits per heavy atom. The van der Waals surface area contributed by atoms with E-state index < -0.39 is 10.0 Å². The normalized spacial score (nSPS) is 11.3. The Labute approximate surface area is 152 Å². The van der Waals surface area contributed by atoms with E-state index in [0.717, 1.165) is 11.1 Å². The van der Waals surface area contributed by atoms with Crippen LogP contribution >= 0.6 is 0 Å². The molecule has 0 aromatic heterocycles. The largest absolute Gasteiger partial charge is 0.399 e. The highest BCUT2D eigenvalue weighted by molar-refractivity contribution is 7.92. The van der Waals surface area contributed by atoms with Crippen LogP contribution in [-0.4, -0.2) is 15.5 Å². The fourth-order valence-corrected chi connectivity index (χ4v) is 4.10. The molecule has 26 heavy (non-hydrogen) atoms. The molecule has 4 nitrogen and oxygen atoms in total. The van der Waals surface area contributed by atoms with Crippen LogP contribution in [0.25, 0.3) is 11.1 Å². The number of benzene rings is 3. The van der Waals surface area contributed by atoms with Crippen LogP contribution in [0, 0.1) is 12.7 Å². The molecular weight excluding hydrogens is 351 g/mol. The SMILES string of the molecule is Cc1cc(N)ccc1N(C)S(=O)(=O)c1cccc(-c2ccc(F)cc2)c1. The van der Waals surface area contributed by atoms with Gasteiger partial charge >= 0.3 is 0 Å². The van der Waals surface area contributed by atoms with Gasteiger partial charge in [-0.15, -0.1) is 0 Å². The number of aryl methyl sites for hydroxylation is 1. The van der Waals surface area contributed by atoms with Gasteiger partial charge < -0.3 is 5.73 Å². The molecule has 3 rings (SSSR count). The van der Waals surface area contributed by atoms with Crippen LogP contribution < -0.4 is 10.0 Å². The zero-order chi connectivity index (χ0) is 18.9. The molecule has 0 unspecified atom stereocenters. The van der Waals surface area contributed by atoms with E-state index >= 15 is 0 Å². The van der Waals surface area contributed by atoms with Gasteiger partial charge in [0.25, 0.3) is 10.0 Å². The number of hydrogen-bond donors (Lipinski definition) is 1. The topological polar surface area (TPSA) is 63.4 Å². The van der Waals surface area contributed by atoms with Gasteiger partial charge in [0.2, 0.25) is 0 Å². The van der Waals surface area contributed by atoms with Crippen LogP contribution in [0.2, 0.25) is 0 Å². The highest BCUT2D eigenvalue weighted by Crippen LogP contribution is 2.29. The van der Waals surface area contributed by atoms with Gasteiger partial charge in [0.15, 0.2) is 0 Å². The lowest BCUT2D eigenvalue weighted by Crippen LogP contribution is -2.27. The van der Waals surface area contributed by atoms with E-state index in [-0.39, 0.29) is 10.7 Å². The maximum atomic E-state index is 13.1. The summed E-state index contributed by atoms with van der Waals surface area (Å²) in [5.74, 6) is -0.337. The predicted molar refractivity (Wildman–Crippen MR) is 103 cm³/mol. The quantitative estimate of drug-likeness (QED) is 0.700. The monoisotopic (exact) mass is 370 g/mol. The molecule has 3 aromatic carbocycles. The second kappa shape index (κ2) is 6.80. The third kappa shape index (κ3) is 3.41. The van der Waals surface area contributed by atoms with E-state index in [1.165, 1.54) is 23.5 Å². The maximum Gasteiger partial charge on any atom is 0.264 e. The molecule has 0 bridgehead atoms. The molecule has 0 saturated heterocycles. The summed E-state index contributed by atoms with van der Waals surface area (Å²) in [6, 6.07) is 17.6. The molecule has 0 aliphatic rings. The molecule has 0 aliphatic carbocycles. The minimum Gasteiger partial charge on any atom is -0.399 e. The summed E-state index contributed by atoms with van der Waals surface area (Å²) in [5.41, 5.74) is 9.11. The van der Waals surface area contributed by atoms with Gasteiger partial charge in [0.1, 0.15) is 5.82 Å². The smallest absolute Gasteiger partial charge is 0.264 e. The van der Waals surface area contributed by atoms with Gasteiger partial charge in [-0.3, -0.25) is 4.31 Å². The van der Waals surface area contributed by atoms with Crippen molar-refractivity contribution in [3.8, 4) is 11.1 Å². The summed E-state index contributed by atoms with van der Waals surface area (Å²) in [4.78, 5) is 0.165. The van der Waals surface area contributed by atoms with Crippen molar-refractivity contribution in [3.63, 3.8) is 0 Å². The summed E-state index contributed by atoms with van der Waals surface area (Å²) in [7, 11) is -2.24. The Balaban J connectivity index is 2.01. The van der Waals surface area contributed by atoms with Crippen molar-refractivity contribution < 1.29 is 12.8 Å². The summed E-state index contributed by atoms with van der Waals surface area (Å²) in [5, 5.41) is 0. The maximum absolute atomic E-state index is 13.1. The summed E-state index contributed by atoms with van der Waals surface area (Å²) in [6.45, 7) is 1.81. The standard InChI is InChI=1S/C20H19FN2O2S/c1-14-12-18(22)10-11-20(14)23(2)26(24,25)19-5-3-4-16(13-19)15-6-8-17(21)9-7-15/h3-13H,22H2,1-2H3. The number of halogens is 1. The van der Waals surface area contributed by atoms with E-state index in [4.69, 9.17) is 5.73 Å². The Kier molecular flexibility index (Phi) is 4.70. The van der Waals surface area contributed by atoms with Crippen molar-refractivity contribution in [2.45, 2.75) is 11.8 Å². The first-order valence-electron chi connectivity index (χ1n) is 8.00. The summed E-state index contributed by atoms with van der Waals surface area (Å²) < 4.78 is 40.4. The lowest BCUT2D eigenvalue weighted by molar-refractivity contribution is 0.594. The molecule has 0 heterocycles. The molecule has 3 aromatic rings. The van der Waals surface area contributed by atoms with E-state index in [0.29, 0.717) is 16.9 Å². The average molecular weight is 370 g/mol. The molecule has 0 atom stereocenters. The van der Waals surface area contributed by atoms with Gasteiger partial charge in [-0.25, -0.2) is 12.8 Å². The molecular formula is C20H19FN2O2S. The molecule has 0 radical (unpaired) electrons. The van der Waals surface area contributed by atoms with Crippen LogP contribution in [0.3, 0.4) is 0 Å². The zero-order valence-electron chi connectivity index (χ0n) is 14.5. The highest BCUT2D eigenvalue weighted by atomic mass is 32.2. The Morgan fingerprint density at radius 1 is 0.923 bits per heavy atom. The van der Waals surface area contributed by atoms with E-state index in [2.05, 4.69) is 0 Å². The van der Waals surface area contributed by atoms with E-state index in [9.17, 15) is 12.8 Å². The lowest BCUT2D eigenvalue weighted by atomic mass is 10.1. The minimum atomic E-state index is -3.75. The first-order chi connectivity index (χ1) is 12.3. The van der Waals surface area contributed by atoms with Crippen molar-refractivity contribution in [3.05, 3.63) is 78.1 Å². The van der Waals surface area contributed by atoms with Crippen molar-refractivity contribution in [2.75, 3.05) is 17.1 Å². The molecule has 0 amide bonds. The Hall–Kier alpha value is -2.86. The lowest BCUT2D eigenvalue weighted by Gasteiger charge is -2.22. The number of anilines is 2. The average Bonchev–Trinajstić information content (AvgIpc) is 2.62. The molecule has 0 aliphatic heterocycles. The van der Waals surface area contributed by atoms with Gasteiger partial charge in [-0.2, -0.15) is 0 Å². The zero-order valence-corrected chi connectivity index (χ0v) is 15.3. The van der Waals surface area contributed by atoms with Crippen molar-refractivity contribution in [1.82, 2.24) is 0 Å². The third-order valence-electron chi connectivity index (χ3n) is 4.23. The van der Waals surface area contributed by atoms with Gasteiger partial charge in [0.05, 0.1) is 10.6 Å². The van der Waals surface area contributed by atoms with Crippen molar-refractivity contribution in [2.24, 2.45) is 0 Å². The van der Waals surface area contributed by atoms with E-state index in [1.807, 2.05) is 6.92 Å². The molecule has 0 spiro atoms. The molecule has 2 N–H and O–H groups in total. The van der Waals surface area contributed by atoms with Gasteiger partial charge in [-0.1, -0.05) is 24.3 Å². The molecule has 0 fully saturated rings. The van der Waals surface area contributed by atoms with Crippen molar-refractivity contribution >= 4 is 21.4 Å². The van der Waals surface area contributed by atoms with Crippen LogP contribution in [0.1, 0.15) is 5.56 Å².